The zero-order valence-electron chi connectivity index (χ0n) is 15.1. The minimum atomic E-state index is -0.150. The second-order valence-electron chi connectivity index (χ2n) is 5.95. The molecule has 0 fully saturated rings. The fourth-order valence-electron chi connectivity index (χ4n) is 2.91. The maximum absolute atomic E-state index is 6.47. The van der Waals surface area contributed by atoms with E-state index in [0.717, 1.165) is 21.8 Å². The van der Waals surface area contributed by atoms with Gasteiger partial charge in [0, 0.05) is 36.0 Å². The largest absolute Gasteiger partial charge is 0.369 e. The van der Waals surface area contributed by atoms with Crippen LogP contribution in [0.2, 0.25) is 10.3 Å². The number of halogens is 2. The van der Waals surface area contributed by atoms with Gasteiger partial charge in [0.15, 0.2) is 0 Å². The van der Waals surface area contributed by atoms with Crippen LogP contribution in [0.3, 0.4) is 0 Å². The van der Waals surface area contributed by atoms with Crippen LogP contribution in [-0.2, 0) is 14.1 Å². The summed E-state index contributed by atoms with van der Waals surface area (Å²) in [4.78, 5) is 0. The lowest BCUT2D eigenvalue weighted by atomic mass is 10.1. The molecule has 3 rings (SSSR count). The summed E-state index contributed by atoms with van der Waals surface area (Å²) in [6.07, 6.45) is 2.99. The summed E-state index contributed by atoms with van der Waals surface area (Å²) < 4.78 is 3.67. The van der Waals surface area contributed by atoms with Gasteiger partial charge in [-0.1, -0.05) is 23.2 Å². The highest BCUT2D eigenvalue weighted by molar-refractivity contribution is 6.36. The minimum Gasteiger partial charge on any atom is -0.369 e. The van der Waals surface area contributed by atoms with Crippen molar-refractivity contribution in [1.82, 2.24) is 9.13 Å². The summed E-state index contributed by atoms with van der Waals surface area (Å²) in [5, 5.41) is 17.6. The van der Waals surface area contributed by atoms with Crippen LogP contribution in [0.1, 0.15) is 11.1 Å². The highest BCUT2D eigenvalue weighted by Gasteiger charge is 2.18. The molecule has 0 atom stereocenters. The van der Waals surface area contributed by atoms with E-state index in [1.807, 2.05) is 35.4 Å². The van der Waals surface area contributed by atoms with E-state index < -0.39 is 0 Å². The van der Waals surface area contributed by atoms with Crippen LogP contribution in [0.15, 0.2) is 32.5 Å². The summed E-state index contributed by atoms with van der Waals surface area (Å²) in [5.74, 6) is -0.300. The van der Waals surface area contributed by atoms with Crippen molar-refractivity contribution in [3.8, 4) is 0 Å². The fourth-order valence-corrected chi connectivity index (χ4v) is 3.39. The first kappa shape index (κ1) is 19.5. The Morgan fingerprint density at radius 3 is 1.54 bits per heavy atom. The van der Waals surface area contributed by atoms with Gasteiger partial charge in [0.25, 0.3) is 0 Å². The second kappa shape index (κ2) is 7.41. The molecule has 0 bridgehead atoms. The maximum atomic E-state index is 6.47. The van der Waals surface area contributed by atoms with Gasteiger partial charge in [-0.3, -0.25) is 0 Å². The predicted octanol–water partition coefficient (Wildman–Crippen LogP) is 1.19. The molecule has 0 aliphatic rings. The summed E-state index contributed by atoms with van der Waals surface area (Å²) in [6.45, 7) is 0. The highest BCUT2D eigenvalue weighted by Crippen LogP contribution is 2.35. The smallest absolute Gasteiger partial charge is 0.211 e. The number of hydrogen-bond donors (Lipinski definition) is 4. The molecular weight excluding hydrogens is 403 g/mol. The molecule has 2 aromatic heterocycles. The lowest BCUT2D eigenvalue weighted by Gasteiger charge is -2.00. The monoisotopic (exact) mass is 420 g/mol. The normalized spacial score (nSPS) is 11.9. The molecule has 0 unspecified atom stereocenters. The molecule has 10 nitrogen and oxygen atoms in total. The Labute approximate surface area is 169 Å². The van der Waals surface area contributed by atoms with Crippen LogP contribution >= 0.6 is 23.2 Å². The van der Waals surface area contributed by atoms with Gasteiger partial charge in [-0.15, -0.1) is 10.2 Å². The van der Waals surface area contributed by atoms with Gasteiger partial charge in [0.2, 0.25) is 11.9 Å². The highest BCUT2D eigenvalue weighted by atomic mass is 35.5. The molecule has 0 aliphatic carbocycles. The molecule has 8 N–H and O–H groups in total. The molecule has 1 aromatic carbocycles. The molecule has 0 aliphatic heterocycles. The number of benzene rings is 1. The van der Waals surface area contributed by atoms with Gasteiger partial charge in [0.05, 0.1) is 23.5 Å². The van der Waals surface area contributed by atoms with Crippen molar-refractivity contribution in [2.24, 2.45) is 57.4 Å². The summed E-state index contributed by atoms with van der Waals surface area (Å²) in [5.41, 5.74) is 24.3. The van der Waals surface area contributed by atoms with Gasteiger partial charge in [-0.25, -0.2) is 0 Å². The van der Waals surface area contributed by atoms with E-state index in [4.69, 9.17) is 46.1 Å². The SMILES string of the molecule is Cn1c(Cl)c(/C=N/N=C(N)N)c2cc3c(/C=N/N=C(N)N)c(Cl)n(C)c3cc21. The number of hydrogen-bond acceptors (Lipinski definition) is 4. The Bertz CT molecular complexity index is 1100. The third-order valence-electron chi connectivity index (χ3n) is 4.17. The first-order valence-electron chi connectivity index (χ1n) is 7.92. The Balaban J connectivity index is 2.30. The molecular formula is C16H18Cl2N10. The van der Waals surface area contributed by atoms with E-state index >= 15 is 0 Å². The second-order valence-corrected chi connectivity index (χ2v) is 6.67. The molecule has 0 radical (unpaired) electrons. The van der Waals surface area contributed by atoms with Crippen molar-refractivity contribution >= 4 is 69.4 Å². The van der Waals surface area contributed by atoms with Crippen molar-refractivity contribution in [2.75, 3.05) is 0 Å². The third kappa shape index (κ3) is 3.35. The first-order chi connectivity index (χ1) is 13.2. The Morgan fingerprint density at radius 2 is 1.18 bits per heavy atom. The predicted molar refractivity (Wildman–Crippen MR) is 116 cm³/mol. The number of guanidine groups is 2. The van der Waals surface area contributed by atoms with Gasteiger partial charge in [0.1, 0.15) is 10.3 Å². The standard InChI is InChI=1S/C16H18Cl2N10/c1-27-11-4-12-8(10(14(18)28(12)2)6-24-26-16(21)22)3-7(11)9(13(27)17)5-23-25-15(19)20/h3-6H,1-2H3,(H4,19,20,25)(H4,21,22,26)/b23-5+,24-6+. The van der Waals surface area contributed by atoms with Crippen LogP contribution in [0.4, 0.5) is 0 Å². The van der Waals surface area contributed by atoms with Crippen molar-refractivity contribution in [2.45, 2.75) is 0 Å². The number of nitrogens with two attached hydrogens (primary N) is 4. The maximum Gasteiger partial charge on any atom is 0.211 e. The number of fused-ring (bicyclic) bond motifs is 2. The first-order valence-corrected chi connectivity index (χ1v) is 8.67. The molecule has 2 heterocycles. The molecule has 0 saturated heterocycles. The summed E-state index contributed by atoms with van der Waals surface area (Å²) >= 11 is 12.9. The molecule has 12 heteroatoms. The van der Waals surface area contributed by atoms with Crippen molar-refractivity contribution in [1.29, 1.82) is 0 Å². The third-order valence-corrected chi connectivity index (χ3v) is 5.08. The Hall–Kier alpha value is -3.24. The van der Waals surface area contributed by atoms with Crippen LogP contribution in [0.5, 0.6) is 0 Å². The quantitative estimate of drug-likeness (QED) is 0.283. The average molecular weight is 421 g/mol. The molecule has 0 spiro atoms. The van der Waals surface area contributed by atoms with Crippen molar-refractivity contribution in [3.05, 3.63) is 33.6 Å². The zero-order valence-corrected chi connectivity index (χ0v) is 16.6. The van der Waals surface area contributed by atoms with E-state index in [-0.39, 0.29) is 11.9 Å². The Morgan fingerprint density at radius 1 is 0.786 bits per heavy atom. The number of nitrogens with zero attached hydrogens (tertiary/aromatic N) is 6. The number of rotatable bonds is 4. The fraction of sp³-hybridized carbons (Fsp3) is 0.125. The van der Waals surface area contributed by atoms with Gasteiger partial charge < -0.3 is 32.1 Å². The van der Waals surface area contributed by atoms with Gasteiger partial charge in [-0.2, -0.15) is 10.2 Å². The van der Waals surface area contributed by atoms with Gasteiger partial charge in [-0.05, 0) is 12.1 Å². The molecule has 146 valence electrons. The lowest BCUT2D eigenvalue weighted by molar-refractivity contribution is 0.957. The van der Waals surface area contributed by atoms with Crippen molar-refractivity contribution in [3.63, 3.8) is 0 Å². The van der Waals surface area contributed by atoms with Gasteiger partial charge >= 0.3 is 0 Å². The van der Waals surface area contributed by atoms with E-state index in [1.165, 1.54) is 12.4 Å². The van der Waals surface area contributed by atoms with E-state index in [9.17, 15) is 0 Å². The topological polar surface area (TPSA) is 163 Å². The van der Waals surface area contributed by atoms with E-state index in [2.05, 4.69) is 20.4 Å². The van der Waals surface area contributed by atoms with E-state index in [1.54, 1.807) is 0 Å². The number of aromatic nitrogens is 2. The molecule has 0 saturated carbocycles. The van der Waals surface area contributed by atoms with E-state index in [0.29, 0.717) is 21.4 Å². The van der Waals surface area contributed by atoms with Crippen LogP contribution in [0, 0.1) is 0 Å². The molecule has 3 aromatic rings. The Kier molecular flexibility index (Phi) is 5.16. The molecule has 28 heavy (non-hydrogen) atoms. The summed E-state index contributed by atoms with van der Waals surface area (Å²) in [6, 6.07) is 3.91. The average Bonchev–Trinajstić information content (AvgIpc) is 3.00. The van der Waals surface area contributed by atoms with Crippen LogP contribution < -0.4 is 22.9 Å². The summed E-state index contributed by atoms with van der Waals surface area (Å²) in [7, 11) is 3.69. The molecule has 0 amide bonds. The lowest BCUT2D eigenvalue weighted by Crippen LogP contribution is -2.21. The van der Waals surface area contributed by atoms with Crippen LogP contribution in [0.25, 0.3) is 21.8 Å². The number of aryl methyl sites for hydroxylation is 2. The van der Waals surface area contributed by atoms with Crippen molar-refractivity contribution < 1.29 is 0 Å². The van der Waals surface area contributed by atoms with Crippen LogP contribution in [-0.4, -0.2) is 33.5 Å². The minimum absolute atomic E-state index is 0.150. The zero-order chi connectivity index (χ0) is 20.6.